The number of nitrogens with one attached hydrogen (secondary N) is 2. The molecule has 0 spiro atoms. The zero-order valence-corrected chi connectivity index (χ0v) is 8.03. The SMILES string of the molecule is CNC(C)(C)CNCCOC. The van der Waals surface area contributed by atoms with Crippen molar-refractivity contribution in [2.24, 2.45) is 0 Å². The summed E-state index contributed by atoms with van der Waals surface area (Å²) in [6.07, 6.45) is 0. The Bertz CT molecular complexity index is 94.1. The van der Waals surface area contributed by atoms with Crippen molar-refractivity contribution >= 4 is 0 Å². The van der Waals surface area contributed by atoms with Gasteiger partial charge in [0.25, 0.3) is 0 Å². The predicted octanol–water partition coefficient (Wildman–Crippen LogP) is 0.220. The molecule has 0 amide bonds. The maximum atomic E-state index is 4.91. The van der Waals surface area contributed by atoms with Crippen LogP contribution in [0.3, 0.4) is 0 Å². The van der Waals surface area contributed by atoms with Crippen LogP contribution in [0.4, 0.5) is 0 Å². The number of methoxy groups -OCH3 is 1. The van der Waals surface area contributed by atoms with Gasteiger partial charge in [0.15, 0.2) is 0 Å². The average Bonchev–Trinajstić information content (AvgIpc) is 1.99. The van der Waals surface area contributed by atoms with Crippen molar-refractivity contribution in [2.75, 3.05) is 33.9 Å². The molecule has 0 rings (SSSR count). The molecule has 0 heterocycles. The van der Waals surface area contributed by atoms with Gasteiger partial charge < -0.3 is 15.4 Å². The summed E-state index contributed by atoms with van der Waals surface area (Å²) in [5.41, 5.74) is 0.174. The largest absolute Gasteiger partial charge is 0.383 e. The molecule has 0 fully saturated rings. The van der Waals surface area contributed by atoms with Crippen LogP contribution in [-0.4, -0.2) is 39.4 Å². The van der Waals surface area contributed by atoms with E-state index in [0.717, 1.165) is 19.7 Å². The maximum absolute atomic E-state index is 4.91. The van der Waals surface area contributed by atoms with E-state index in [1.54, 1.807) is 7.11 Å². The van der Waals surface area contributed by atoms with Crippen molar-refractivity contribution in [1.82, 2.24) is 10.6 Å². The minimum Gasteiger partial charge on any atom is -0.383 e. The first-order valence-electron chi connectivity index (χ1n) is 4.01. The Labute approximate surface area is 69.5 Å². The molecule has 3 heteroatoms. The predicted molar refractivity (Wildman–Crippen MR) is 47.9 cm³/mol. The first kappa shape index (κ1) is 10.9. The lowest BCUT2D eigenvalue weighted by Crippen LogP contribution is -2.46. The zero-order chi connectivity index (χ0) is 8.74. The highest BCUT2D eigenvalue weighted by atomic mass is 16.5. The quantitative estimate of drug-likeness (QED) is 0.545. The summed E-state index contributed by atoms with van der Waals surface area (Å²) in [4.78, 5) is 0. The van der Waals surface area contributed by atoms with E-state index in [-0.39, 0.29) is 5.54 Å². The summed E-state index contributed by atoms with van der Waals surface area (Å²) >= 11 is 0. The molecule has 0 aliphatic heterocycles. The van der Waals surface area contributed by atoms with E-state index < -0.39 is 0 Å². The normalized spacial score (nSPS) is 12.0. The first-order chi connectivity index (χ1) is 5.12. The van der Waals surface area contributed by atoms with Gasteiger partial charge in [-0.3, -0.25) is 0 Å². The lowest BCUT2D eigenvalue weighted by molar-refractivity contribution is 0.196. The van der Waals surface area contributed by atoms with Crippen molar-refractivity contribution in [2.45, 2.75) is 19.4 Å². The Hall–Kier alpha value is -0.120. The van der Waals surface area contributed by atoms with Gasteiger partial charge >= 0.3 is 0 Å². The lowest BCUT2D eigenvalue weighted by atomic mass is 10.1. The van der Waals surface area contributed by atoms with E-state index in [4.69, 9.17) is 4.74 Å². The molecular weight excluding hydrogens is 140 g/mol. The minimum atomic E-state index is 0.174. The summed E-state index contributed by atoms with van der Waals surface area (Å²) in [5, 5.41) is 6.50. The van der Waals surface area contributed by atoms with Crippen LogP contribution in [0.15, 0.2) is 0 Å². The van der Waals surface area contributed by atoms with E-state index in [2.05, 4.69) is 24.5 Å². The summed E-state index contributed by atoms with van der Waals surface area (Å²) in [6, 6.07) is 0. The second kappa shape index (κ2) is 5.52. The van der Waals surface area contributed by atoms with Crippen molar-refractivity contribution in [3.05, 3.63) is 0 Å². The third kappa shape index (κ3) is 6.28. The number of rotatable bonds is 6. The van der Waals surface area contributed by atoms with Crippen molar-refractivity contribution < 1.29 is 4.74 Å². The van der Waals surface area contributed by atoms with Gasteiger partial charge in [0.1, 0.15) is 0 Å². The van der Waals surface area contributed by atoms with Gasteiger partial charge in [-0.05, 0) is 20.9 Å². The van der Waals surface area contributed by atoms with E-state index in [1.807, 2.05) is 7.05 Å². The fourth-order valence-electron chi connectivity index (χ4n) is 0.664. The van der Waals surface area contributed by atoms with Gasteiger partial charge in [-0.25, -0.2) is 0 Å². The van der Waals surface area contributed by atoms with Gasteiger partial charge in [-0.15, -0.1) is 0 Å². The molecule has 0 aliphatic rings. The molecule has 0 unspecified atom stereocenters. The summed E-state index contributed by atoms with van der Waals surface area (Å²) < 4.78 is 4.91. The summed E-state index contributed by atoms with van der Waals surface area (Å²) in [5.74, 6) is 0. The van der Waals surface area contributed by atoms with Crippen molar-refractivity contribution in [3.8, 4) is 0 Å². The summed E-state index contributed by atoms with van der Waals surface area (Å²) in [7, 11) is 3.68. The molecule has 0 aromatic heterocycles. The van der Waals surface area contributed by atoms with E-state index in [0.29, 0.717) is 0 Å². The molecule has 0 saturated carbocycles. The molecule has 11 heavy (non-hydrogen) atoms. The highest BCUT2D eigenvalue weighted by molar-refractivity contribution is 4.77. The molecule has 0 bridgehead atoms. The number of hydrogen-bond donors (Lipinski definition) is 2. The fourth-order valence-corrected chi connectivity index (χ4v) is 0.664. The molecule has 3 nitrogen and oxygen atoms in total. The van der Waals surface area contributed by atoms with Gasteiger partial charge in [0.2, 0.25) is 0 Å². The Morgan fingerprint density at radius 2 is 2.00 bits per heavy atom. The van der Waals surface area contributed by atoms with Crippen molar-refractivity contribution in [1.29, 1.82) is 0 Å². The Balaban J connectivity index is 3.23. The molecular formula is C8H20N2O. The van der Waals surface area contributed by atoms with Crippen LogP contribution >= 0.6 is 0 Å². The van der Waals surface area contributed by atoms with Crippen LogP contribution in [0.25, 0.3) is 0 Å². The molecule has 68 valence electrons. The monoisotopic (exact) mass is 160 g/mol. The standard InChI is InChI=1S/C8H20N2O/c1-8(2,9-3)7-10-5-6-11-4/h9-10H,5-7H2,1-4H3. The maximum Gasteiger partial charge on any atom is 0.0587 e. The van der Waals surface area contributed by atoms with Gasteiger partial charge in [-0.1, -0.05) is 0 Å². The van der Waals surface area contributed by atoms with Crippen LogP contribution in [0, 0.1) is 0 Å². The Morgan fingerprint density at radius 1 is 1.36 bits per heavy atom. The second-order valence-corrected chi connectivity index (χ2v) is 3.30. The minimum absolute atomic E-state index is 0.174. The lowest BCUT2D eigenvalue weighted by Gasteiger charge is -2.24. The first-order valence-corrected chi connectivity index (χ1v) is 4.01. The van der Waals surface area contributed by atoms with Gasteiger partial charge in [0.05, 0.1) is 6.61 Å². The number of likely N-dealkylation sites (N-methyl/N-ethyl adjacent to an activating group) is 1. The van der Waals surface area contributed by atoms with Crippen LogP contribution in [0.2, 0.25) is 0 Å². The highest BCUT2D eigenvalue weighted by Gasteiger charge is 2.12. The fraction of sp³-hybridized carbons (Fsp3) is 1.00. The molecule has 0 aliphatic carbocycles. The van der Waals surface area contributed by atoms with E-state index in [1.165, 1.54) is 0 Å². The number of ether oxygens (including phenoxy) is 1. The van der Waals surface area contributed by atoms with Crippen LogP contribution in [-0.2, 0) is 4.74 Å². The second-order valence-electron chi connectivity index (χ2n) is 3.30. The molecule has 0 saturated heterocycles. The molecule has 0 aromatic rings. The molecule has 0 aromatic carbocycles. The van der Waals surface area contributed by atoms with Crippen LogP contribution < -0.4 is 10.6 Å². The Kier molecular flexibility index (Phi) is 5.46. The van der Waals surface area contributed by atoms with Crippen LogP contribution in [0.1, 0.15) is 13.8 Å². The van der Waals surface area contributed by atoms with E-state index >= 15 is 0 Å². The van der Waals surface area contributed by atoms with Gasteiger partial charge in [-0.2, -0.15) is 0 Å². The topological polar surface area (TPSA) is 33.3 Å². The number of hydrogen-bond acceptors (Lipinski definition) is 3. The zero-order valence-electron chi connectivity index (χ0n) is 8.03. The smallest absolute Gasteiger partial charge is 0.0587 e. The third-order valence-corrected chi connectivity index (χ3v) is 1.73. The molecule has 0 radical (unpaired) electrons. The highest BCUT2D eigenvalue weighted by Crippen LogP contribution is 1.96. The van der Waals surface area contributed by atoms with Gasteiger partial charge in [0, 0.05) is 25.7 Å². The average molecular weight is 160 g/mol. The Morgan fingerprint density at radius 3 is 2.45 bits per heavy atom. The molecule has 2 N–H and O–H groups in total. The third-order valence-electron chi connectivity index (χ3n) is 1.73. The van der Waals surface area contributed by atoms with E-state index in [9.17, 15) is 0 Å². The summed E-state index contributed by atoms with van der Waals surface area (Å²) in [6.45, 7) is 6.98. The van der Waals surface area contributed by atoms with Crippen molar-refractivity contribution in [3.63, 3.8) is 0 Å². The molecule has 0 atom stereocenters. The van der Waals surface area contributed by atoms with Crippen LogP contribution in [0.5, 0.6) is 0 Å².